The molecule has 0 spiro atoms. The lowest BCUT2D eigenvalue weighted by Gasteiger charge is -2.27. The minimum atomic E-state index is -0.315. The molecular formula is C15H12ClFN4S. The Kier molecular flexibility index (Phi) is 3.52. The van der Waals surface area contributed by atoms with Crippen LogP contribution in [0.4, 0.5) is 4.39 Å². The van der Waals surface area contributed by atoms with Crippen LogP contribution < -0.4 is 0 Å². The van der Waals surface area contributed by atoms with Crippen LogP contribution in [-0.2, 0) is 13.0 Å². The van der Waals surface area contributed by atoms with Gasteiger partial charge in [0.05, 0.1) is 11.2 Å². The first-order valence-electron chi connectivity index (χ1n) is 6.88. The van der Waals surface area contributed by atoms with Gasteiger partial charge in [0.25, 0.3) is 0 Å². The number of halogens is 2. The molecule has 0 aliphatic carbocycles. The second-order valence-electron chi connectivity index (χ2n) is 5.17. The molecule has 1 aromatic carbocycles. The van der Waals surface area contributed by atoms with E-state index in [1.807, 2.05) is 12.4 Å². The number of rotatable bonds is 2. The smallest absolute Gasteiger partial charge is 0.155 e. The van der Waals surface area contributed by atoms with Gasteiger partial charge in [0.2, 0.25) is 0 Å². The topological polar surface area (TPSA) is 44.8 Å². The number of hydrogen-bond donors (Lipinski definition) is 1. The summed E-state index contributed by atoms with van der Waals surface area (Å²) >= 11 is 7.65. The highest BCUT2D eigenvalue weighted by atomic mass is 35.5. The maximum absolute atomic E-state index is 13.1. The average Bonchev–Trinajstić information content (AvgIpc) is 2.99. The van der Waals surface area contributed by atoms with Crippen molar-refractivity contribution >= 4 is 34.6 Å². The van der Waals surface area contributed by atoms with Crippen molar-refractivity contribution in [2.45, 2.75) is 17.9 Å². The van der Waals surface area contributed by atoms with Crippen molar-refractivity contribution < 1.29 is 4.39 Å². The molecule has 4 nitrogen and oxygen atoms in total. The summed E-state index contributed by atoms with van der Waals surface area (Å²) in [5.41, 5.74) is 3.34. The maximum Gasteiger partial charge on any atom is 0.155 e. The molecule has 4 rings (SSSR count). The van der Waals surface area contributed by atoms with E-state index in [1.165, 1.54) is 23.3 Å². The van der Waals surface area contributed by atoms with Gasteiger partial charge in [-0.3, -0.25) is 5.10 Å². The Morgan fingerprint density at radius 1 is 1.32 bits per heavy atom. The molecule has 1 N–H and O–H groups in total. The molecule has 2 aromatic heterocycles. The third-order valence-corrected chi connectivity index (χ3v) is 5.31. The van der Waals surface area contributed by atoms with Crippen molar-refractivity contribution in [2.24, 2.45) is 0 Å². The lowest BCUT2D eigenvalue weighted by atomic mass is 10.0. The quantitative estimate of drug-likeness (QED) is 0.724. The van der Waals surface area contributed by atoms with Crippen molar-refractivity contribution in [2.75, 3.05) is 6.54 Å². The third kappa shape index (κ3) is 2.47. The Hall–Kier alpha value is -1.63. The molecule has 0 amide bonds. The highest BCUT2D eigenvalue weighted by Crippen LogP contribution is 2.34. The monoisotopic (exact) mass is 334 g/mol. The Balaban J connectivity index is 1.59. The summed E-state index contributed by atoms with van der Waals surface area (Å²) in [6.07, 6.45) is 4.66. The number of aromatic amines is 1. The molecule has 112 valence electrons. The molecule has 1 aliphatic heterocycles. The van der Waals surface area contributed by atoms with E-state index in [-0.39, 0.29) is 5.82 Å². The van der Waals surface area contributed by atoms with E-state index >= 15 is 0 Å². The number of fused-ring (bicyclic) bond motifs is 3. The van der Waals surface area contributed by atoms with Crippen LogP contribution in [0.25, 0.3) is 11.0 Å². The van der Waals surface area contributed by atoms with Crippen LogP contribution in [0.5, 0.6) is 0 Å². The minimum absolute atomic E-state index is 0.315. The first kappa shape index (κ1) is 14.0. The van der Waals surface area contributed by atoms with Crippen LogP contribution in [0.2, 0.25) is 5.02 Å². The number of nitrogens with one attached hydrogen (secondary N) is 1. The van der Waals surface area contributed by atoms with Gasteiger partial charge in [-0.15, -0.1) is 0 Å². The van der Waals surface area contributed by atoms with Crippen LogP contribution in [0.3, 0.4) is 0 Å². The minimum Gasteiger partial charge on any atom is -0.261 e. The lowest BCUT2D eigenvalue weighted by molar-refractivity contribution is 0.445. The van der Waals surface area contributed by atoms with Gasteiger partial charge in [-0.2, -0.15) is 5.10 Å². The maximum atomic E-state index is 13.1. The van der Waals surface area contributed by atoms with E-state index in [0.717, 1.165) is 35.4 Å². The molecule has 1 aliphatic rings. The number of hydrogen-bond acceptors (Lipinski definition) is 4. The van der Waals surface area contributed by atoms with Gasteiger partial charge < -0.3 is 0 Å². The fourth-order valence-electron chi connectivity index (χ4n) is 2.70. The van der Waals surface area contributed by atoms with Gasteiger partial charge in [-0.1, -0.05) is 11.6 Å². The van der Waals surface area contributed by atoms with Crippen LogP contribution in [-0.4, -0.2) is 26.0 Å². The summed E-state index contributed by atoms with van der Waals surface area (Å²) in [5.74, 6) is -0.315. The first-order chi connectivity index (χ1) is 10.7. The van der Waals surface area contributed by atoms with E-state index < -0.39 is 0 Å². The fraction of sp³-hybridized carbons (Fsp3) is 0.200. The van der Waals surface area contributed by atoms with Gasteiger partial charge in [-0.05, 0) is 47.7 Å². The number of nitrogens with zero attached hydrogens (tertiary/aromatic N) is 3. The van der Waals surface area contributed by atoms with Crippen molar-refractivity contribution in [3.63, 3.8) is 0 Å². The van der Waals surface area contributed by atoms with Crippen molar-refractivity contribution in [1.82, 2.24) is 19.5 Å². The Bertz CT molecular complexity index is 851. The summed E-state index contributed by atoms with van der Waals surface area (Å²) in [6.45, 7) is 1.68. The Morgan fingerprint density at radius 3 is 3.09 bits per heavy atom. The summed E-state index contributed by atoms with van der Waals surface area (Å²) in [5, 5.41) is 8.50. The molecule has 22 heavy (non-hydrogen) atoms. The summed E-state index contributed by atoms with van der Waals surface area (Å²) < 4.78 is 15.3. The zero-order valence-electron chi connectivity index (χ0n) is 11.5. The van der Waals surface area contributed by atoms with Crippen LogP contribution in [0, 0.1) is 5.82 Å². The number of pyridine rings is 1. The lowest BCUT2D eigenvalue weighted by Crippen LogP contribution is -2.25. The number of H-pyrrole nitrogens is 1. The van der Waals surface area contributed by atoms with Gasteiger partial charge in [0.15, 0.2) is 5.65 Å². The molecule has 0 radical (unpaired) electrons. The van der Waals surface area contributed by atoms with Gasteiger partial charge in [0, 0.05) is 29.6 Å². The summed E-state index contributed by atoms with van der Waals surface area (Å²) in [7, 11) is 0. The van der Waals surface area contributed by atoms with Gasteiger partial charge in [0.1, 0.15) is 5.82 Å². The standard InChI is InChI=1S/C15H12ClFN4S/c16-13-5-10(17)1-2-14(13)22-21-4-3-11-9(8-21)6-18-15-12(11)7-19-20-15/h1-2,5-7H,3-4,8H2,(H,18,19,20). The molecule has 0 atom stereocenters. The fourth-order valence-corrected chi connectivity index (χ4v) is 3.91. The van der Waals surface area contributed by atoms with Crippen molar-refractivity contribution in [3.8, 4) is 0 Å². The zero-order chi connectivity index (χ0) is 15.1. The molecule has 0 unspecified atom stereocenters. The van der Waals surface area contributed by atoms with E-state index in [9.17, 15) is 4.39 Å². The molecule has 0 fully saturated rings. The van der Waals surface area contributed by atoms with E-state index in [0.29, 0.717) is 5.02 Å². The van der Waals surface area contributed by atoms with Crippen LogP contribution in [0.1, 0.15) is 11.1 Å². The van der Waals surface area contributed by atoms with E-state index in [4.69, 9.17) is 11.6 Å². The largest absolute Gasteiger partial charge is 0.261 e. The van der Waals surface area contributed by atoms with Crippen LogP contribution in [0.15, 0.2) is 35.5 Å². The highest BCUT2D eigenvalue weighted by Gasteiger charge is 2.21. The molecule has 0 saturated heterocycles. The first-order valence-corrected chi connectivity index (χ1v) is 8.03. The van der Waals surface area contributed by atoms with E-state index in [1.54, 1.807) is 18.0 Å². The number of aromatic nitrogens is 3. The summed E-state index contributed by atoms with van der Waals surface area (Å²) in [4.78, 5) is 5.26. The highest BCUT2D eigenvalue weighted by molar-refractivity contribution is 7.97. The SMILES string of the molecule is Fc1ccc(SN2CCc3c(cnc4[nH]ncc34)C2)c(Cl)c1. The van der Waals surface area contributed by atoms with Gasteiger partial charge in [-0.25, -0.2) is 13.7 Å². The van der Waals surface area contributed by atoms with Crippen molar-refractivity contribution in [3.05, 3.63) is 52.6 Å². The molecule has 0 bridgehead atoms. The van der Waals surface area contributed by atoms with Gasteiger partial charge >= 0.3 is 0 Å². The molecule has 3 heterocycles. The molecule has 3 aromatic rings. The Morgan fingerprint density at radius 2 is 2.23 bits per heavy atom. The Labute approximate surface area is 135 Å². The predicted molar refractivity (Wildman–Crippen MR) is 85.3 cm³/mol. The normalized spacial score (nSPS) is 15.2. The van der Waals surface area contributed by atoms with E-state index in [2.05, 4.69) is 19.5 Å². The average molecular weight is 335 g/mol. The second kappa shape index (κ2) is 5.53. The summed E-state index contributed by atoms with van der Waals surface area (Å²) in [6, 6.07) is 4.50. The second-order valence-corrected chi connectivity index (χ2v) is 6.72. The molecule has 7 heteroatoms. The molecular weight excluding hydrogens is 323 g/mol. The zero-order valence-corrected chi connectivity index (χ0v) is 13.1. The van der Waals surface area contributed by atoms with Crippen molar-refractivity contribution in [1.29, 1.82) is 0 Å². The molecule has 0 saturated carbocycles. The number of benzene rings is 1. The predicted octanol–water partition coefficient (Wildman–Crippen LogP) is 3.82. The third-order valence-electron chi connectivity index (χ3n) is 3.76. The van der Waals surface area contributed by atoms with Crippen LogP contribution >= 0.6 is 23.5 Å².